The molecule has 0 unspecified atom stereocenters. The van der Waals surface area contributed by atoms with Gasteiger partial charge in [-0.2, -0.15) is 0 Å². The minimum Gasteiger partial charge on any atom is -0.474 e. The maximum Gasteiger partial charge on any atom is 0.415 e. The molecule has 0 radical (unpaired) electrons. The fourth-order valence-electron chi connectivity index (χ4n) is 5.90. The maximum atomic E-state index is 13.1. The van der Waals surface area contributed by atoms with Crippen molar-refractivity contribution in [2.45, 2.75) is 58.9 Å². The van der Waals surface area contributed by atoms with Gasteiger partial charge in [-0.05, 0) is 57.4 Å². The summed E-state index contributed by atoms with van der Waals surface area (Å²) >= 11 is 0. The van der Waals surface area contributed by atoms with Crippen LogP contribution in [-0.4, -0.2) is 73.7 Å². The number of ether oxygens (including phenoxy) is 3. The summed E-state index contributed by atoms with van der Waals surface area (Å²) in [5, 5.41) is 3.25. The van der Waals surface area contributed by atoms with Crippen LogP contribution in [0.2, 0.25) is 0 Å². The Labute approximate surface area is 264 Å². The summed E-state index contributed by atoms with van der Waals surface area (Å²) in [5.74, 6) is 0.993. The van der Waals surface area contributed by atoms with E-state index in [4.69, 9.17) is 19.2 Å². The van der Waals surface area contributed by atoms with E-state index in [0.717, 1.165) is 46.7 Å². The third-order valence-electron chi connectivity index (χ3n) is 8.04. The Morgan fingerprint density at radius 3 is 2.56 bits per heavy atom. The van der Waals surface area contributed by atoms with Gasteiger partial charge in [-0.15, -0.1) is 0 Å². The molecule has 0 bridgehead atoms. The number of benzene rings is 1. The molecule has 45 heavy (non-hydrogen) atoms. The Hall–Kier alpha value is -3.97. The van der Waals surface area contributed by atoms with E-state index in [1.165, 1.54) is 0 Å². The molecule has 2 aromatic heterocycles. The number of nitrogens with one attached hydrogen (secondary N) is 1. The van der Waals surface area contributed by atoms with Crippen molar-refractivity contribution in [3.8, 4) is 5.88 Å². The number of carbonyl (C=O) groups excluding carboxylic acids is 1. The number of rotatable bonds is 7. The molecule has 240 valence electrons. The number of pyridine rings is 1. The van der Waals surface area contributed by atoms with Gasteiger partial charge in [0.25, 0.3) is 0 Å². The first-order chi connectivity index (χ1) is 21.3. The lowest BCUT2D eigenvalue weighted by atomic mass is 9.92. The summed E-state index contributed by atoms with van der Waals surface area (Å²) in [5.41, 5.74) is 4.97. The number of aromatic nitrogens is 3. The summed E-state index contributed by atoms with van der Waals surface area (Å²) in [4.78, 5) is 30.8. The number of sulfone groups is 1. The van der Waals surface area contributed by atoms with E-state index in [2.05, 4.69) is 20.2 Å². The van der Waals surface area contributed by atoms with Gasteiger partial charge in [0.15, 0.2) is 9.84 Å². The second-order valence-electron chi connectivity index (χ2n) is 13.4. The van der Waals surface area contributed by atoms with Crippen molar-refractivity contribution < 1.29 is 27.4 Å². The first-order valence-corrected chi connectivity index (χ1v) is 17.0. The molecule has 12 nitrogen and oxygen atoms in total. The molecule has 5 heterocycles. The smallest absolute Gasteiger partial charge is 0.415 e. The van der Waals surface area contributed by atoms with Crippen molar-refractivity contribution >= 4 is 38.9 Å². The second-order valence-corrected chi connectivity index (χ2v) is 15.5. The summed E-state index contributed by atoms with van der Waals surface area (Å²) in [6, 6.07) is 7.31. The molecule has 0 aliphatic carbocycles. The third-order valence-corrected chi connectivity index (χ3v) is 9.95. The Morgan fingerprint density at radius 1 is 1.11 bits per heavy atom. The van der Waals surface area contributed by atoms with Crippen LogP contribution < -0.4 is 19.9 Å². The standard InChI is InChI=1S/C32H40N6O6S/c1-21-26(15-33-28-27(21)38(12-13-43-28)30(39)44-31(2,3)4)37-11-10-23-14-34-29(36-25(23)16-37)35-24-8-6-22(7-9-24)17-45(40,41)20-32(5)18-42-19-32/h6-9,14-15H,10-13,16-20H2,1-5H3,(H,34,35,36). The predicted molar refractivity (Wildman–Crippen MR) is 171 cm³/mol. The molecular weight excluding hydrogens is 596 g/mol. The molecular formula is C32H40N6O6S. The fourth-order valence-corrected chi connectivity index (χ4v) is 7.93. The van der Waals surface area contributed by atoms with E-state index in [-0.39, 0.29) is 16.9 Å². The largest absolute Gasteiger partial charge is 0.474 e. The van der Waals surface area contributed by atoms with Crippen molar-refractivity contribution in [1.29, 1.82) is 0 Å². The van der Waals surface area contributed by atoms with Crippen LogP contribution in [0, 0.1) is 12.3 Å². The zero-order valence-electron chi connectivity index (χ0n) is 26.4. The van der Waals surface area contributed by atoms with Gasteiger partial charge in [0.1, 0.15) is 17.9 Å². The van der Waals surface area contributed by atoms with Crippen LogP contribution in [0.1, 0.15) is 50.1 Å². The van der Waals surface area contributed by atoms with Crippen LogP contribution in [0.15, 0.2) is 36.7 Å². The molecule has 0 spiro atoms. The minimum atomic E-state index is -3.25. The van der Waals surface area contributed by atoms with E-state index < -0.39 is 21.5 Å². The topological polar surface area (TPSA) is 136 Å². The zero-order chi connectivity index (χ0) is 32.0. The molecule has 3 aromatic rings. The molecule has 0 saturated carbocycles. The lowest BCUT2D eigenvalue weighted by Gasteiger charge is -2.37. The summed E-state index contributed by atoms with van der Waals surface area (Å²) < 4.78 is 42.1. The van der Waals surface area contributed by atoms with E-state index in [1.54, 1.807) is 11.1 Å². The predicted octanol–water partition coefficient (Wildman–Crippen LogP) is 4.57. The van der Waals surface area contributed by atoms with E-state index in [9.17, 15) is 13.2 Å². The molecule has 3 aliphatic heterocycles. The highest BCUT2D eigenvalue weighted by Gasteiger charge is 2.38. The van der Waals surface area contributed by atoms with Gasteiger partial charge in [-0.1, -0.05) is 19.1 Å². The van der Waals surface area contributed by atoms with E-state index >= 15 is 0 Å². The Balaban J connectivity index is 1.15. The number of anilines is 4. The van der Waals surface area contributed by atoms with Crippen LogP contribution >= 0.6 is 0 Å². The lowest BCUT2D eigenvalue weighted by Crippen LogP contribution is -2.45. The minimum absolute atomic E-state index is 0.00727. The number of nitrogens with zero attached hydrogens (tertiary/aromatic N) is 5. The Morgan fingerprint density at radius 2 is 1.87 bits per heavy atom. The highest BCUT2D eigenvalue weighted by Crippen LogP contribution is 2.40. The van der Waals surface area contributed by atoms with Gasteiger partial charge >= 0.3 is 6.09 Å². The van der Waals surface area contributed by atoms with Crippen LogP contribution in [-0.2, 0) is 38.0 Å². The number of hydrogen-bond donors (Lipinski definition) is 1. The molecule has 0 atom stereocenters. The number of fused-ring (bicyclic) bond motifs is 2. The summed E-state index contributed by atoms with van der Waals surface area (Å²) in [6.07, 6.45) is 3.98. The SMILES string of the molecule is Cc1c(N2CCc3cnc(Nc4ccc(CS(=O)(=O)CC5(C)COC5)cc4)nc3C2)cnc2c1N(C(=O)OC(C)(C)C)CCO2. The maximum absolute atomic E-state index is 13.1. The Bertz CT molecular complexity index is 1700. The van der Waals surface area contributed by atoms with Crippen molar-refractivity contribution in [1.82, 2.24) is 15.0 Å². The van der Waals surface area contributed by atoms with Crippen LogP contribution in [0.5, 0.6) is 5.88 Å². The molecule has 1 amide bonds. The van der Waals surface area contributed by atoms with Gasteiger partial charge in [-0.3, -0.25) is 4.90 Å². The molecule has 6 rings (SSSR count). The normalized spacial score (nSPS) is 17.4. The average molecular weight is 637 g/mol. The van der Waals surface area contributed by atoms with Gasteiger partial charge < -0.3 is 24.4 Å². The van der Waals surface area contributed by atoms with Gasteiger partial charge in [0.05, 0.1) is 55.4 Å². The third kappa shape index (κ3) is 6.99. The molecule has 1 fully saturated rings. The molecule has 1 N–H and O–H groups in total. The van der Waals surface area contributed by atoms with E-state index in [1.807, 2.05) is 65.1 Å². The van der Waals surface area contributed by atoms with Gasteiger partial charge in [0, 0.05) is 29.4 Å². The van der Waals surface area contributed by atoms with Crippen molar-refractivity contribution in [2.75, 3.05) is 53.8 Å². The van der Waals surface area contributed by atoms with Gasteiger partial charge in [0.2, 0.25) is 11.8 Å². The van der Waals surface area contributed by atoms with Crippen molar-refractivity contribution in [3.05, 3.63) is 59.0 Å². The number of hydrogen-bond acceptors (Lipinski definition) is 11. The summed E-state index contributed by atoms with van der Waals surface area (Å²) in [6.45, 7) is 12.4. The van der Waals surface area contributed by atoms with Crippen LogP contribution in [0.3, 0.4) is 0 Å². The number of carbonyl (C=O) groups is 1. The fraction of sp³-hybridized carbons (Fsp3) is 0.500. The molecule has 1 aromatic carbocycles. The highest BCUT2D eigenvalue weighted by atomic mass is 32.2. The Kier molecular flexibility index (Phi) is 8.10. The molecule has 13 heteroatoms. The molecule has 3 aliphatic rings. The highest BCUT2D eigenvalue weighted by molar-refractivity contribution is 7.90. The summed E-state index contributed by atoms with van der Waals surface area (Å²) in [7, 11) is -3.25. The average Bonchev–Trinajstić information content (AvgIpc) is 2.96. The first kappa shape index (κ1) is 31.0. The number of amides is 1. The van der Waals surface area contributed by atoms with Crippen LogP contribution in [0.25, 0.3) is 0 Å². The molecule has 1 saturated heterocycles. The zero-order valence-corrected chi connectivity index (χ0v) is 27.2. The van der Waals surface area contributed by atoms with Gasteiger partial charge in [-0.25, -0.2) is 28.2 Å². The lowest BCUT2D eigenvalue weighted by molar-refractivity contribution is -0.0870. The van der Waals surface area contributed by atoms with E-state index in [0.29, 0.717) is 50.4 Å². The first-order valence-electron chi connectivity index (χ1n) is 15.1. The van der Waals surface area contributed by atoms with Crippen molar-refractivity contribution in [2.24, 2.45) is 5.41 Å². The van der Waals surface area contributed by atoms with Crippen molar-refractivity contribution in [3.63, 3.8) is 0 Å². The van der Waals surface area contributed by atoms with Crippen LogP contribution in [0.4, 0.5) is 27.8 Å². The monoisotopic (exact) mass is 636 g/mol. The second kappa shape index (κ2) is 11.8. The quantitative estimate of drug-likeness (QED) is 0.391.